The lowest BCUT2D eigenvalue weighted by molar-refractivity contribution is 0.0704. The number of hydrogen-bond donors (Lipinski definition) is 0. The third-order valence-corrected chi connectivity index (χ3v) is 4.60. The fraction of sp³-hybridized carbons (Fsp3) is 0.474. The summed E-state index contributed by atoms with van der Waals surface area (Å²) in [6.45, 7) is 6.24. The quantitative estimate of drug-likeness (QED) is 0.822. The molecule has 0 saturated carbocycles. The van der Waals surface area contributed by atoms with Crippen molar-refractivity contribution in [2.75, 3.05) is 19.7 Å². The molecule has 2 aromatic heterocycles. The van der Waals surface area contributed by atoms with E-state index in [1.165, 1.54) is 12.1 Å². The van der Waals surface area contributed by atoms with Gasteiger partial charge in [-0.25, -0.2) is 19.3 Å². The van der Waals surface area contributed by atoms with E-state index in [1.54, 1.807) is 4.90 Å². The predicted octanol–water partition coefficient (Wildman–Crippen LogP) is 2.88. The fourth-order valence-corrected chi connectivity index (χ4v) is 3.21. The van der Waals surface area contributed by atoms with Crippen LogP contribution in [0.1, 0.15) is 53.3 Å². The summed E-state index contributed by atoms with van der Waals surface area (Å²) in [4.78, 5) is 27.1. The SMILES string of the molecule is CCOCc1cnc(C)nc1C1CCN(C(=O)c2ccc(F)cn2)CC1. The molecule has 7 heteroatoms. The lowest BCUT2D eigenvalue weighted by Gasteiger charge is -2.32. The number of amides is 1. The number of carbonyl (C=O) groups is 1. The average Bonchev–Trinajstić information content (AvgIpc) is 2.67. The molecule has 0 aromatic carbocycles. The number of halogens is 1. The van der Waals surface area contributed by atoms with Crippen molar-refractivity contribution in [2.45, 2.75) is 39.2 Å². The lowest BCUT2D eigenvalue weighted by atomic mass is 9.90. The molecule has 1 saturated heterocycles. The number of carbonyl (C=O) groups excluding carboxylic acids is 1. The predicted molar refractivity (Wildman–Crippen MR) is 94.2 cm³/mol. The molecule has 0 bridgehead atoms. The van der Waals surface area contributed by atoms with Gasteiger partial charge in [0.1, 0.15) is 17.3 Å². The highest BCUT2D eigenvalue weighted by molar-refractivity contribution is 5.92. The Morgan fingerprint density at radius 2 is 2.04 bits per heavy atom. The van der Waals surface area contributed by atoms with Gasteiger partial charge in [0.25, 0.3) is 5.91 Å². The second kappa shape index (κ2) is 8.31. The Bertz CT molecular complexity index is 759. The minimum atomic E-state index is -0.443. The van der Waals surface area contributed by atoms with Gasteiger partial charge in [-0.2, -0.15) is 0 Å². The van der Waals surface area contributed by atoms with Crippen molar-refractivity contribution in [2.24, 2.45) is 0 Å². The molecule has 0 aliphatic carbocycles. The van der Waals surface area contributed by atoms with Crippen LogP contribution >= 0.6 is 0 Å². The van der Waals surface area contributed by atoms with Gasteiger partial charge in [-0.1, -0.05) is 0 Å². The number of hydrogen-bond acceptors (Lipinski definition) is 5. The second-order valence-electron chi connectivity index (χ2n) is 6.39. The summed E-state index contributed by atoms with van der Waals surface area (Å²) in [5.41, 5.74) is 2.32. The average molecular weight is 358 g/mol. The summed E-state index contributed by atoms with van der Waals surface area (Å²) in [5.74, 6) is 0.421. The molecule has 1 aliphatic rings. The molecule has 3 heterocycles. The normalized spacial score (nSPS) is 15.3. The first kappa shape index (κ1) is 18.4. The highest BCUT2D eigenvalue weighted by atomic mass is 19.1. The van der Waals surface area contributed by atoms with Gasteiger partial charge < -0.3 is 9.64 Å². The van der Waals surface area contributed by atoms with E-state index >= 15 is 0 Å². The number of rotatable bonds is 5. The number of nitrogens with zero attached hydrogens (tertiary/aromatic N) is 4. The van der Waals surface area contributed by atoms with Crippen LogP contribution in [0.4, 0.5) is 4.39 Å². The van der Waals surface area contributed by atoms with Crippen LogP contribution in [0.2, 0.25) is 0 Å². The third-order valence-electron chi connectivity index (χ3n) is 4.60. The molecule has 2 aromatic rings. The first-order valence-electron chi connectivity index (χ1n) is 8.89. The zero-order chi connectivity index (χ0) is 18.5. The summed E-state index contributed by atoms with van der Waals surface area (Å²) in [5, 5.41) is 0. The van der Waals surface area contributed by atoms with Crippen molar-refractivity contribution < 1.29 is 13.9 Å². The number of aromatic nitrogens is 3. The van der Waals surface area contributed by atoms with E-state index < -0.39 is 5.82 Å². The number of ether oxygens (including phenoxy) is 1. The van der Waals surface area contributed by atoms with Gasteiger partial charge in [0.15, 0.2) is 0 Å². The summed E-state index contributed by atoms with van der Waals surface area (Å²) in [7, 11) is 0. The first-order chi connectivity index (χ1) is 12.6. The van der Waals surface area contributed by atoms with E-state index in [4.69, 9.17) is 4.74 Å². The van der Waals surface area contributed by atoms with E-state index in [0.29, 0.717) is 26.3 Å². The molecule has 0 N–H and O–H groups in total. The van der Waals surface area contributed by atoms with Crippen LogP contribution in [0, 0.1) is 12.7 Å². The standard InChI is InChI=1S/C19H23FN4O2/c1-3-26-12-15-10-21-13(2)23-18(15)14-6-8-24(9-7-14)19(25)17-5-4-16(20)11-22-17/h4-5,10-11,14H,3,6-9,12H2,1-2H3. The van der Waals surface area contributed by atoms with Crippen LogP contribution in [-0.2, 0) is 11.3 Å². The molecule has 3 rings (SSSR count). The van der Waals surface area contributed by atoms with Crippen molar-refractivity contribution in [3.8, 4) is 0 Å². The minimum Gasteiger partial charge on any atom is -0.377 e. The number of piperidine rings is 1. The maximum atomic E-state index is 13.0. The summed E-state index contributed by atoms with van der Waals surface area (Å²) < 4.78 is 18.5. The van der Waals surface area contributed by atoms with Gasteiger partial charge in [-0.05, 0) is 38.8 Å². The van der Waals surface area contributed by atoms with Crippen molar-refractivity contribution in [3.05, 3.63) is 53.1 Å². The van der Waals surface area contributed by atoms with Gasteiger partial charge in [0.05, 0.1) is 18.5 Å². The molecular formula is C19H23FN4O2. The molecule has 0 atom stereocenters. The molecule has 1 fully saturated rings. The van der Waals surface area contributed by atoms with E-state index in [1.807, 2.05) is 20.0 Å². The zero-order valence-electron chi connectivity index (χ0n) is 15.1. The van der Waals surface area contributed by atoms with Crippen LogP contribution in [0.5, 0.6) is 0 Å². The summed E-state index contributed by atoms with van der Waals surface area (Å²) >= 11 is 0. The molecule has 26 heavy (non-hydrogen) atoms. The highest BCUT2D eigenvalue weighted by Gasteiger charge is 2.27. The number of likely N-dealkylation sites (tertiary alicyclic amines) is 1. The molecule has 0 radical (unpaired) electrons. The van der Waals surface area contributed by atoms with Gasteiger partial charge in [0.2, 0.25) is 0 Å². The molecule has 0 spiro atoms. The van der Waals surface area contributed by atoms with Crippen molar-refractivity contribution in [1.82, 2.24) is 19.9 Å². The maximum Gasteiger partial charge on any atom is 0.272 e. The smallest absolute Gasteiger partial charge is 0.272 e. The van der Waals surface area contributed by atoms with E-state index in [9.17, 15) is 9.18 Å². The van der Waals surface area contributed by atoms with Crippen molar-refractivity contribution >= 4 is 5.91 Å². The van der Waals surface area contributed by atoms with Crippen LogP contribution in [-0.4, -0.2) is 45.5 Å². The van der Waals surface area contributed by atoms with E-state index in [2.05, 4.69) is 15.0 Å². The van der Waals surface area contributed by atoms with Crippen molar-refractivity contribution in [1.29, 1.82) is 0 Å². The molecule has 0 unspecified atom stereocenters. The number of aryl methyl sites for hydroxylation is 1. The van der Waals surface area contributed by atoms with Crippen LogP contribution in [0.25, 0.3) is 0 Å². The Morgan fingerprint density at radius 1 is 1.27 bits per heavy atom. The fourth-order valence-electron chi connectivity index (χ4n) is 3.21. The van der Waals surface area contributed by atoms with E-state index in [0.717, 1.165) is 36.1 Å². The first-order valence-corrected chi connectivity index (χ1v) is 8.89. The Balaban J connectivity index is 1.67. The number of pyridine rings is 1. The monoisotopic (exact) mass is 358 g/mol. The van der Waals surface area contributed by atoms with Gasteiger partial charge in [-0.15, -0.1) is 0 Å². The van der Waals surface area contributed by atoms with Crippen LogP contribution < -0.4 is 0 Å². The Kier molecular flexibility index (Phi) is 5.88. The molecular weight excluding hydrogens is 335 g/mol. The Morgan fingerprint density at radius 3 is 2.69 bits per heavy atom. The second-order valence-corrected chi connectivity index (χ2v) is 6.39. The summed E-state index contributed by atoms with van der Waals surface area (Å²) in [6.07, 6.45) is 4.56. The van der Waals surface area contributed by atoms with E-state index in [-0.39, 0.29) is 17.5 Å². The maximum absolute atomic E-state index is 13.0. The summed E-state index contributed by atoms with van der Waals surface area (Å²) in [6, 6.07) is 2.69. The Labute approximate surface area is 152 Å². The molecule has 6 nitrogen and oxygen atoms in total. The van der Waals surface area contributed by atoms with Crippen molar-refractivity contribution in [3.63, 3.8) is 0 Å². The zero-order valence-corrected chi connectivity index (χ0v) is 15.1. The minimum absolute atomic E-state index is 0.156. The van der Waals surface area contributed by atoms with Crippen LogP contribution in [0.15, 0.2) is 24.5 Å². The highest BCUT2D eigenvalue weighted by Crippen LogP contribution is 2.29. The van der Waals surface area contributed by atoms with Gasteiger partial charge in [0, 0.05) is 37.4 Å². The van der Waals surface area contributed by atoms with Crippen LogP contribution in [0.3, 0.4) is 0 Å². The van der Waals surface area contributed by atoms with Gasteiger partial charge >= 0.3 is 0 Å². The lowest BCUT2D eigenvalue weighted by Crippen LogP contribution is -2.38. The largest absolute Gasteiger partial charge is 0.377 e. The molecule has 138 valence electrons. The topological polar surface area (TPSA) is 68.2 Å². The third kappa shape index (κ3) is 4.22. The van der Waals surface area contributed by atoms with Gasteiger partial charge in [-0.3, -0.25) is 4.79 Å². The molecule has 1 aliphatic heterocycles. The Hall–Kier alpha value is -2.41. The molecule has 1 amide bonds.